The van der Waals surface area contributed by atoms with Crippen LogP contribution in [0.5, 0.6) is 0 Å². The summed E-state index contributed by atoms with van der Waals surface area (Å²) in [6.07, 6.45) is -2.93. The van der Waals surface area contributed by atoms with Gasteiger partial charge in [0.25, 0.3) is 5.69 Å². The topological polar surface area (TPSA) is 126 Å². The molecule has 10 nitrogen and oxygen atoms in total. The van der Waals surface area contributed by atoms with Crippen LogP contribution in [-0.4, -0.2) is 38.6 Å². The SMILES string of the molecule is O=C(NCCNc1ccc(C(F)(F)F)cc1[N+](=O)[O-])NCc1nnc2ccccn12. The molecule has 0 atom stereocenters. The zero-order valence-corrected chi connectivity index (χ0v) is 15.3. The number of nitro benzene ring substituents is 1. The van der Waals surface area contributed by atoms with Crippen molar-refractivity contribution in [2.24, 2.45) is 0 Å². The quantitative estimate of drug-likeness (QED) is 0.305. The van der Waals surface area contributed by atoms with Crippen LogP contribution in [0.3, 0.4) is 0 Å². The van der Waals surface area contributed by atoms with Gasteiger partial charge < -0.3 is 16.0 Å². The number of nitrogens with one attached hydrogen (secondary N) is 3. The molecule has 3 N–H and O–H groups in total. The number of nitro groups is 1. The van der Waals surface area contributed by atoms with E-state index < -0.39 is 28.4 Å². The van der Waals surface area contributed by atoms with Gasteiger partial charge in [0, 0.05) is 25.4 Å². The van der Waals surface area contributed by atoms with Crippen molar-refractivity contribution in [2.75, 3.05) is 18.4 Å². The molecule has 3 rings (SSSR count). The Kier molecular flexibility index (Phi) is 5.99. The molecule has 0 fully saturated rings. The monoisotopic (exact) mass is 423 g/mol. The summed E-state index contributed by atoms with van der Waals surface area (Å²) in [5.74, 6) is 0.527. The van der Waals surface area contributed by atoms with Crippen LogP contribution in [0.2, 0.25) is 0 Å². The maximum absolute atomic E-state index is 12.7. The number of fused-ring (bicyclic) bond motifs is 1. The van der Waals surface area contributed by atoms with Gasteiger partial charge in [-0.15, -0.1) is 10.2 Å². The highest BCUT2D eigenvalue weighted by Gasteiger charge is 2.33. The van der Waals surface area contributed by atoms with Gasteiger partial charge in [-0.25, -0.2) is 4.79 Å². The lowest BCUT2D eigenvalue weighted by atomic mass is 10.1. The second-order valence-corrected chi connectivity index (χ2v) is 6.07. The minimum absolute atomic E-state index is 0.0630. The predicted octanol–water partition coefficient (Wildman–Crippen LogP) is 2.57. The van der Waals surface area contributed by atoms with Gasteiger partial charge in [-0.1, -0.05) is 6.07 Å². The van der Waals surface area contributed by atoms with Gasteiger partial charge in [0.2, 0.25) is 0 Å². The highest BCUT2D eigenvalue weighted by atomic mass is 19.4. The van der Waals surface area contributed by atoms with Gasteiger partial charge in [-0.05, 0) is 24.3 Å². The highest BCUT2D eigenvalue weighted by Crippen LogP contribution is 2.34. The normalized spacial score (nSPS) is 11.3. The Morgan fingerprint density at radius 2 is 1.93 bits per heavy atom. The van der Waals surface area contributed by atoms with Gasteiger partial charge >= 0.3 is 12.2 Å². The number of anilines is 1. The molecular weight excluding hydrogens is 407 g/mol. The molecule has 30 heavy (non-hydrogen) atoms. The number of amides is 2. The molecule has 0 unspecified atom stereocenters. The standard InChI is InChI=1S/C17H16F3N7O3/c18-17(19,20)11-4-5-12(13(9-11)27(29)30)21-6-7-22-16(28)23-10-15-25-24-14-3-1-2-8-26(14)15/h1-5,8-9,21H,6-7,10H2,(H2,22,23,28). The number of halogens is 3. The second kappa shape index (κ2) is 8.63. The molecule has 1 aromatic carbocycles. The van der Waals surface area contributed by atoms with Gasteiger partial charge in [0.15, 0.2) is 11.5 Å². The van der Waals surface area contributed by atoms with E-state index in [-0.39, 0.29) is 25.3 Å². The number of carbonyl (C=O) groups is 1. The number of carbonyl (C=O) groups excluding carboxylic acids is 1. The number of urea groups is 1. The molecule has 2 aromatic heterocycles. The first kappa shape index (κ1) is 20.8. The molecule has 3 aromatic rings. The predicted molar refractivity (Wildman–Crippen MR) is 99.8 cm³/mol. The fourth-order valence-corrected chi connectivity index (χ4v) is 2.62. The van der Waals surface area contributed by atoms with Crippen LogP contribution in [-0.2, 0) is 12.7 Å². The van der Waals surface area contributed by atoms with E-state index in [2.05, 4.69) is 26.1 Å². The van der Waals surface area contributed by atoms with E-state index in [0.29, 0.717) is 17.5 Å². The van der Waals surface area contributed by atoms with Crippen LogP contribution >= 0.6 is 0 Å². The first-order chi connectivity index (χ1) is 14.3. The Morgan fingerprint density at radius 3 is 2.67 bits per heavy atom. The number of nitrogens with zero attached hydrogens (tertiary/aromatic N) is 4. The molecule has 158 valence electrons. The van der Waals surface area contributed by atoms with E-state index in [0.717, 1.165) is 12.1 Å². The average molecular weight is 423 g/mol. The number of hydrogen-bond acceptors (Lipinski definition) is 6. The Labute approximate surface area is 167 Å². The van der Waals surface area contributed by atoms with Crippen LogP contribution in [0.4, 0.5) is 29.3 Å². The van der Waals surface area contributed by atoms with Gasteiger partial charge in [0.05, 0.1) is 17.0 Å². The summed E-state index contributed by atoms with van der Waals surface area (Å²) in [4.78, 5) is 22.0. The van der Waals surface area contributed by atoms with Crippen LogP contribution in [0, 0.1) is 10.1 Å². The maximum Gasteiger partial charge on any atom is 0.416 e. The Morgan fingerprint density at radius 1 is 1.13 bits per heavy atom. The first-order valence-electron chi connectivity index (χ1n) is 8.65. The van der Waals surface area contributed by atoms with Crippen molar-refractivity contribution in [1.29, 1.82) is 0 Å². The zero-order valence-electron chi connectivity index (χ0n) is 15.3. The molecule has 0 saturated heterocycles. The number of alkyl halides is 3. The van der Waals surface area contributed by atoms with Crippen LogP contribution in [0.15, 0.2) is 42.6 Å². The average Bonchev–Trinajstić information content (AvgIpc) is 3.12. The zero-order chi connectivity index (χ0) is 21.7. The third-order valence-electron chi connectivity index (χ3n) is 4.04. The molecule has 13 heteroatoms. The van der Waals surface area contributed by atoms with E-state index in [1.54, 1.807) is 22.7 Å². The maximum atomic E-state index is 12.7. The number of aromatic nitrogens is 3. The molecule has 0 aliphatic rings. The Bertz CT molecular complexity index is 1070. The fraction of sp³-hybridized carbons (Fsp3) is 0.235. The van der Waals surface area contributed by atoms with Crippen molar-refractivity contribution in [2.45, 2.75) is 12.7 Å². The Hall–Kier alpha value is -3.90. The largest absolute Gasteiger partial charge is 0.416 e. The van der Waals surface area contributed by atoms with Gasteiger partial charge in [-0.3, -0.25) is 14.5 Å². The van der Waals surface area contributed by atoms with Gasteiger partial charge in [-0.2, -0.15) is 13.2 Å². The molecule has 2 heterocycles. The summed E-state index contributed by atoms with van der Waals surface area (Å²) in [5, 5.41) is 26.7. The van der Waals surface area contributed by atoms with Crippen molar-refractivity contribution in [3.63, 3.8) is 0 Å². The molecule has 0 radical (unpaired) electrons. The smallest absolute Gasteiger partial charge is 0.378 e. The van der Waals surface area contributed by atoms with E-state index in [4.69, 9.17) is 0 Å². The fourth-order valence-electron chi connectivity index (χ4n) is 2.62. The summed E-state index contributed by atoms with van der Waals surface area (Å²) in [6.45, 7) is 0.257. The van der Waals surface area contributed by atoms with Crippen molar-refractivity contribution >= 4 is 23.1 Å². The highest BCUT2D eigenvalue weighted by molar-refractivity contribution is 5.73. The van der Waals surface area contributed by atoms with Crippen molar-refractivity contribution in [1.82, 2.24) is 25.2 Å². The third kappa shape index (κ3) is 4.92. The molecule has 0 spiro atoms. The molecule has 0 aliphatic carbocycles. The summed E-state index contributed by atoms with van der Waals surface area (Å²) in [7, 11) is 0. The summed E-state index contributed by atoms with van der Waals surface area (Å²) in [6, 6.07) is 7.06. The number of hydrogen-bond donors (Lipinski definition) is 3. The van der Waals surface area contributed by atoms with E-state index in [1.165, 1.54) is 0 Å². The number of benzene rings is 1. The molecular formula is C17H16F3N7O3. The molecule has 0 bridgehead atoms. The van der Waals surface area contributed by atoms with Gasteiger partial charge in [0.1, 0.15) is 5.69 Å². The van der Waals surface area contributed by atoms with Crippen molar-refractivity contribution < 1.29 is 22.9 Å². The molecule has 0 aliphatic heterocycles. The molecule has 2 amide bonds. The van der Waals surface area contributed by atoms with Crippen LogP contribution in [0.1, 0.15) is 11.4 Å². The second-order valence-electron chi connectivity index (χ2n) is 6.07. The van der Waals surface area contributed by atoms with Crippen LogP contribution < -0.4 is 16.0 Å². The van der Waals surface area contributed by atoms with E-state index in [1.807, 2.05) is 6.07 Å². The number of rotatable bonds is 7. The third-order valence-corrected chi connectivity index (χ3v) is 4.04. The first-order valence-corrected chi connectivity index (χ1v) is 8.65. The van der Waals surface area contributed by atoms with E-state index in [9.17, 15) is 28.1 Å². The minimum Gasteiger partial charge on any atom is -0.378 e. The lowest BCUT2D eigenvalue weighted by Crippen LogP contribution is -2.38. The van der Waals surface area contributed by atoms with Crippen LogP contribution in [0.25, 0.3) is 5.65 Å². The summed E-state index contributed by atoms with van der Waals surface area (Å²) < 4.78 is 39.8. The molecule has 0 saturated carbocycles. The van der Waals surface area contributed by atoms with E-state index >= 15 is 0 Å². The summed E-state index contributed by atoms with van der Waals surface area (Å²) >= 11 is 0. The summed E-state index contributed by atoms with van der Waals surface area (Å²) in [5.41, 5.74) is -1.26. The minimum atomic E-state index is -4.68. The number of pyridine rings is 1. The van der Waals surface area contributed by atoms with Crippen molar-refractivity contribution in [3.05, 3.63) is 64.1 Å². The Balaban J connectivity index is 1.48. The van der Waals surface area contributed by atoms with Crippen molar-refractivity contribution in [3.8, 4) is 0 Å². The lowest BCUT2D eigenvalue weighted by molar-refractivity contribution is -0.384. The lowest BCUT2D eigenvalue weighted by Gasteiger charge is -2.11.